The van der Waals surface area contributed by atoms with Crippen LogP contribution in [0.5, 0.6) is 0 Å². The van der Waals surface area contributed by atoms with Gasteiger partial charge >= 0.3 is 6.18 Å². The molecule has 0 radical (unpaired) electrons. The molecule has 0 aliphatic heterocycles. The fourth-order valence-electron chi connectivity index (χ4n) is 2.72. The Morgan fingerprint density at radius 2 is 1.93 bits per heavy atom. The molecule has 0 aliphatic carbocycles. The van der Waals surface area contributed by atoms with Gasteiger partial charge in [-0.15, -0.1) is 0 Å². The van der Waals surface area contributed by atoms with Crippen molar-refractivity contribution in [2.45, 2.75) is 25.6 Å². The fourth-order valence-corrected chi connectivity index (χ4v) is 2.95. The number of anilines is 2. The van der Waals surface area contributed by atoms with Gasteiger partial charge in [0.05, 0.1) is 16.8 Å². The van der Waals surface area contributed by atoms with Crippen LogP contribution in [-0.4, -0.2) is 27.2 Å². The van der Waals surface area contributed by atoms with Crippen LogP contribution in [0.4, 0.5) is 24.8 Å². The van der Waals surface area contributed by atoms with E-state index in [1.165, 1.54) is 0 Å². The Morgan fingerprint density at radius 1 is 1.17 bits per heavy atom. The Balaban J connectivity index is 1.48. The van der Waals surface area contributed by atoms with Crippen LogP contribution in [0.25, 0.3) is 0 Å². The third kappa shape index (κ3) is 5.96. The van der Waals surface area contributed by atoms with Crippen LogP contribution in [0.3, 0.4) is 0 Å². The van der Waals surface area contributed by atoms with Crippen molar-refractivity contribution in [1.82, 2.24) is 14.8 Å². The van der Waals surface area contributed by atoms with Gasteiger partial charge in [-0.25, -0.2) is 9.67 Å². The Bertz CT molecular complexity index is 992. The Labute approximate surface area is 176 Å². The summed E-state index contributed by atoms with van der Waals surface area (Å²) in [7, 11) is 0. The van der Waals surface area contributed by atoms with Gasteiger partial charge in [0.15, 0.2) is 0 Å². The molecule has 0 bridgehead atoms. The van der Waals surface area contributed by atoms with Crippen molar-refractivity contribution in [2.24, 2.45) is 0 Å². The number of amides is 1. The number of pyridine rings is 1. The smallest absolute Gasteiger partial charge is 0.368 e. The first kappa shape index (κ1) is 21.6. The lowest BCUT2D eigenvalue weighted by Crippen LogP contribution is -2.19. The minimum atomic E-state index is -4.52. The number of halogens is 4. The molecule has 2 aromatic heterocycles. The van der Waals surface area contributed by atoms with Crippen LogP contribution in [-0.2, 0) is 23.9 Å². The van der Waals surface area contributed by atoms with E-state index in [0.717, 1.165) is 18.1 Å². The van der Waals surface area contributed by atoms with E-state index < -0.39 is 11.7 Å². The van der Waals surface area contributed by atoms with Crippen LogP contribution in [0.1, 0.15) is 17.5 Å². The first-order valence-corrected chi connectivity index (χ1v) is 9.53. The summed E-state index contributed by atoms with van der Waals surface area (Å²) >= 11 is 5.83. The van der Waals surface area contributed by atoms with Gasteiger partial charge in [-0.1, -0.05) is 41.9 Å². The summed E-state index contributed by atoms with van der Waals surface area (Å²) in [6.45, 7) is 0.762. The molecule has 0 saturated carbocycles. The zero-order valence-corrected chi connectivity index (χ0v) is 16.5. The number of alkyl halides is 3. The third-order valence-electron chi connectivity index (χ3n) is 4.25. The maximum atomic E-state index is 12.6. The zero-order valence-electron chi connectivity index (χ0n) is 15.8. The largest absolute Gasteiger partial charge is 0.417 e. The van der Waals surface area contributed by atoms with Gasteiger partial charge in [0.1, 0.15) is 11.6 Å². The Morgan fingerprint density at radius 3 is 2.63 bits per heavy atom. The van der Waals surface area contributed by atoms with E-state index in [1.54, 1.807) is 16.9 Å². The maximum Gasteiger partial charge on any atom is 0.417 e. The number of nitrogens with zero attached hydrogens (tertiary/aromatic N) is 3. The number of nitrogens with one attached hydrogen (secondary N) is 2. The second-order valence-electron chi connectivity index (χ2n) is 6.45. The molecule has 3 rings (SSSR count). The van der Waals surface area contributed by atoms with Crippen molar-refractivity contribution in [3.63, 3.8) is 0 Å². The average Bonchev–Trinajstić information content (AvgIpc) is 3.14. The fraction of sp³-hybridized carbons (Fsp3) is 0.250. The topological polar surface area (TPSA) is 71.8 Å². The molecule has 6 nitrogen and oxygen atoms in total. The summed E-state index contributed by atoms with van der Waals surface area (Å²) in [4.78, 5) is 15.9. The lowest BCUT2D eigenvalue weighted by molar-refractivity contribution is -0.137. The van der Waals surface area contributed by atoms with Gasteiger partial charge < -0.3 is 10.6 Å². The van der Waals surface area contributed by atoms with Gasteiger partial charge in [-0.2, -0.15) is 18.3 Å². The number of rotatable bonds is 8. The molecule has 0 aliphatic rings. The molecule has 158 valence electrons. The van der Waals surface area contributed by atoms with Crippen molar-refractivity contribution < 1.29 is 18.0 Å². The van der Waals surface area contributed by atoms with Gasteiger partial charge in [-0.3, -0.25) is 4.79 Å². The Hall–Kier alpha value is -3.07. The van der Waals surface area contributed by atoms with Crippen molar-refractivity contribution >= 4 is 29.1 Å². The molecule has 0 saturated heterocycles. The molecule has 1 amide bonds. The van der Waals surface area contributed by atoms with Crippen LogP contribution in [0, 0.1) is 0 Å². The van der Waals surface area contributed by atoms with Crippen LogP contribution in [0.2, 0.25) is 5.02 Å². The van der Waals surface area contributed by atoms with E-state index >= 15 is 0 Å². The standard InChI is InChI=1S/C20H19ClF3N5O/c21-16-12-15(20(22,23)24)13-26-19(16)25-9-7-18(30)28-17-6-10-27-29(17)11-8-14-4-2-1-3-5-14/h1-6,10,12-13H,7-9,11H2,(H,25,26)(H,28,30). The summed E-state index contributed by atoms with van der Waals surface area (Å²) < 4.78 is 39.6. The summed E-state index contributed by atoms with van der Waals surface area (Å²) in [5.74, 6) is 0.388. The highest BCUT2D eigenvalue weighted by molar-refractivity contribution is 6.33. The molecule has 0 unspecified atom stereocenters. The van der Waals surface area contributed by atoms with Gasteiger partial charge in [0.2, 0.25) is 5.91 Å². The van der Waals surface area contributed by atoms with E-state index in [9.17, 15) is 18.0 Å². The third-order valence-corrected chi connectivity index (χ3v) is 4.54. The molecular formula is C20H19ClF3N5O. The summed E-state index contributed by atoms with van der Waals surface area (Å²) in [6.07, 6.45) is -1.38. The first-order chi connectivity index (χ1) is 14.3. The molecule has 10 heteroatoms. The monoisotopic (exact) mass is 437 g/mol. The molecule has 2 N–H and O–H groups in total. The highest BCUT2D eigenvalue weighted by Gasteiger charge is 2.31. The summed E-state index contributed by atoms with van der Waals surface area (Å²) in [6, 6.07) is 12.4. The molecular weight excluding hydrogens is 419 g/mol. The maximum absolute atomic E-state index is 12.6. The minimum Gasteiger partial charge on any atom is -0.368 e. The van der Waals surface area contributed by atoms with Crippen molar-refractivity contribution in [1.29, 1.82) is 0 Å². The first-order valence-electron chi connectivity index (χ1n) is 9.15. The number of carbonyl (C=O) groups is 1. The predicted molar refractivity (Wildman–Crippen MR) is 108 cm³/mol. The normalized spacial score (nSPS) is 11.3. The molecule has 1 aromatic carbocycles. The number of aromatic nitrogens is 3. The quantitative estimate of drug-likeness (QED) is 0.539. The number of aryl methyl sites for hydroxylation is 2. The average molecular weight is 438 g/mol. The van der Waals surface area contributed by atoms with E-state index in [2.05, 4.69) is 20.7 Å². The van der Waals surface area contributed by atoms with Crippen LogP contribution >= 0.6 is 11.6 Å². The lowest BCUT2D eigenvalue weighted by atomic mass is 10.1. The molecule has 0 fully saturated rings. The Kier molecular flexibility index (Phi) is 6.94. The van der Waals surface area contributed by atoms with Crippen LogP contribution in [0.15, 0.2) is 54.9 Å². The number of hydrogen-bond donors (Lipinski definition) is 2. The molecule has 0 spiro atoms. The van der Waals surface area contributed by atoms with Crippen molar-refractivity contribution in [3.05, 3.63) is 71.0 Å². The second-order valence-corrected chi connectivity index (χ2v) is 6.86. The highest BCUT2D eigenvalue weighted by Crippen LogP contribution is 2.32. The number of hydrogen-bond acceptors (Lipinski definition) is 4. The molecule has 3 aromatic rings. The van der Waals surface area contributed by atoms with Crippen LogP contribution < -0.4 is 10.6 Å². The molecule has 30 heavy (non-hydrogen) atoms. The van der Waals surface area contributed by atoms with Crippen molar-refractivity contribution in [3.8, 4) is 0 Å². The van der Waals surface area contributed by atoms with Gasteiger partial charge in [0.25, 0.3) is 0 Å². The van der Waals surface area contributed by atoms with Crippen molar-refractivity contribution in [2.75, 3.05) is 17.2 Å². The number of benzene rings is 1. The molecule has 0 atom stereocenters. The van der Waals surface area contributed by atoms with E-state index in [-0.39, 0.29) is 29.7 Å². The minimum absolute atomic E-state index is 0.0723. The SMILES string of the molecule is O=C(CCNc1ncc(C(F)(F)F)cc1Cl)Nc1ccnn1CCc1ccccc1. The second kappa shape index (κ2) is 9.62. The number of carbonyl (C=O) groups excluding carboxylic acids is 1. The predicted octanol–water partition coefficient (Wildman–Crippen LogP) is 4.63. The van der Waals surface area contributed by atoms with Gasteiger partial charge in [-0.05, 0) is 18.1 Å². The van der Waals surface area contributed by atoms with E-state index in [1.807, 2.05) is 30.3 Å². The summed E-state index contributed by atoms with van der Waals surface area (Å²) in [5.41, 5.74) is 0.231. The van der Waals surface area contributed by atoms with E-state index in [0.29, 0.717) is 18.6 Å². The summed E-state index contributed by atoms with van der Waals surface area (Å²) in [5, 5.41) is 9.60. The molecule has 2 heterocycles. The lowest BCUT2D eigenvalue weighted by Gasteiger charge is -2.11. The zero-order chi connectivity index (χ0) is 21.6. The van der Waals surface area contributed by atoms with Gasteiger partial charge in [0, 0.05) is 31.8 Å². The van der Waals surface area contributed by atoms with E-state index in [4.69, 9.17) is 11.6 Å². The highest BCUT2D eigenvalue weighted by atomic mass is 35.5.